The lowest BCUT2D eigenvalue weighted by Crippen LogP contribution is -2.38. The molecule has 15 aromatic rings. The summed E-state index contributed by atoms with van der Waals surface area (Å²) in [6.07, 6.45) is 1.15. The van der Waals surface area contributed by atoms with Gasteiger partial charge in [-0.25, -0.2) is 22.9 Å². The second-order valence-corrected chi connectivity index (χ2v) is 42.1. The number of hydrogen-bond acceptors (Lipinski definition) is 26. The van der Waals surface area contributed by atoms with E-state index in [2.05, 4.69) is 110 Å². The Bertz CT molecular complexity index is 6790. The predicted molar refractivity (Wildman–Crippen MR) is 563 cm³/mol. The van der Waals surface area contributed by atoms with Gasteiger partial charge in [-0.15, -0.1) is 56.7 Å². The Morgan fingerprint density at radius 3 is 1.00 bits per heavy atom. The number of aryl methyl sites for hydroxylation is 5. The number of ether oxygens (including phenoxy) is 8. The van der Waals surface area contributed by atoms with E-state index in [1.165, 1.54) is 86.6 Å². The number of methoxy groups -OCH3 is 2. The van der Waals surface area contributed by atoms with Crippen molar-refractivity contribution in [3.8, 4) is 11.5 Å². The van der Waals surface area contributed by atoms with E-state index in [1.807, 2.05) is 89.3 Å². The van der Waals surface area contributed by atoms with Gasteiger partial charge in [-0.1, -0.05) is 0 Å². The number of anilines is 2. The van der Waals surface area contributed by atoms with Crippen LogP contribution in [0.25, 0.3) is 51.1 Å². The monoisotopic (exact) mass is 2040 g/mol. The molecule has 5 saturated heterocycles. The molecule has 0 saturated carbocycles. The zero-order chi connectivity index (χ0) is 101. The van der Waals surface area contributed by atoms with Gasteiger partial charge in [0.1, 0.15) is 64.4 Å². The molecular formula is C108H124F3N13O14S5. The number of morpholine rings is 5. The molecule has 35 heteroatoms. The second kappa shape index (κ2) is 48.1. The Morgan fingerprint density at radius 1 is 0.378 bits per heavy atom. The first-order chi connectivity index (χ1) is 69.0. The zero-order valence-corrected chi connectivity index (χ0v) is 87.1. The molecule has 143 heavy (non-hydrogen) atoms. The number of fused-ring (bicyclic) bond motifs is 5. The van der Waals surface area contributed by atoms with E-state index in [1.54, 1.807) is 96.8 Å². The number of halogens is 3. The van der Waals surface area contributed by atoms with Crippen LogP contribution in [0.1, 0.15) is 126 Å². The van der Waals surface area contributed by atoms with Crippen LogP contribution in [0.4, 0.5) is 29.3 Å². The molecule has 0 spiro atoms. The van der Waals surface area contributed by atoms with Gasteiger partial charge in [0.05, 0.1) is 122 Å². The molecule has 0 unspecified atom stereocenters. The zero-order valence-electron chi connectivity index (χ0n) is 83.1. The second-order valence-electron chi connectivity index (χ2n) is 36.9. The van der Waals surface area contributed by atoms with E-state index >= 15 is 0 Å². The summed E-state index contributed by atoms with van der Waals surface area (Å²) < 4.78 is 94.8. The predicted octanol–water partition coefficient (Wildman–Crippen LogP) is 19.1. The minimum absolute atomic E-state index is 0.00921. The average molecular weight is 2050 g/mol. The highest BCUT2D eigenvalue weighted by molar-refractivity contribution is 7.22. The van der Waals surface area contributed by atoms with Crippen molar-refractivity contribution in [1.29, 1.82) is 0 Å². The maximum Gasteiger partial charge on any atom is 0.414 e. The molecule has 5 fully saturated rings. The molecular weight excluding hydrogens is 1920 g/mol. The van der Waals surface area contributed by atoms with Crippen molar-refractivity contribution in [2.24, 2.45) is 0 Å². The maximum absolute atomic E-state index is 14.0. The number of benzene rings is 4. The first kappa shape index (κ1) is 104. The number of carbonyl (C=O) groups excluding carboxylic acids is 6. The van der Waals surface area contributed by atoms with Crippen LogP contribution in [0, 0.1) is 52.1 Å². The van der Waals surface area contributed by atoms with Crippen molar-refractivity contribution in [3.05, 3.63) is 262 Å². The first-order valence-corrected chi connectivity index (χ1v) is 52.5. The van der Waals surface area contributed by atoms with E-state index in [-0.39, 0.29) is 34.4 Å². The van der Waals surface area contributed by atoms with Gasteiger partial charge in [0.25, 0.3) is 0 Å². The topological polar surface area (TPSA) is 245 Å². The van der Waals surface area contributed by atoms with Crippen LogP contribution in [0.15, 0.2) is 164 Å². The van der Waals surface area contributed by atoms with Gasteiger partial charge in [-0.3, -0.25) is 53.4 Å². The van der Waals surface area contributed by atoms with Crippen molar-refractivity contribution in [2.75, 3.05) is 203 Å². The summed E-state index contributed by atoms with van der Waals surface area (Å²) in [6.45, 7) is 43.0. The lowest BCUT2D eigenvalue weighted by molar-refractivity contribution is 0.0364. The summed E-state index contributed by atoms with van der Waals surface area (Å²) >= 11 is 7.52. The number of hydrogen-bond donors (Lipinski definition) is 1. The summed E-state index contributed by atoms with van der Waals surface area (Å²) in [7, 11) is 6.57. The molecule has 20 rings (SSSR count). The minimum atomic E-state index is -0.829. The number of nitrogens with one attached hydrogen (secondary N) is 1. The van der Waals surface area contributed by atoms with E-state index in [4.69, 9.17) is 37.9 Å². The van der Waals surface area contributed by atoms with Gasteiger partial charge >= 0.3 is 6.09 Å². The lowest BCUT2D eigenvalue weighted by Gasteiger charge is -2.26. The fourth-order valence-corrected chi connectivity index (χ4v) is 23.9. The fourth-order valence-electron chi connectivity index (χ4n) is 18.0. The summed E-state index contributed by atoms with van der Waals surface area (Å²) in [5.41, 5.74) is 9.18. The number of rotatable bonds is 29. The average Bonchev–Trinajstić information content (AvgIpc) is 1.66. The molecule has 0 atom stereocenters. The number of pyridine rings is 1. The summed E-state index contributed by atoms with van der Waals surface area (Å²) in [5, 5.41) is 8.51. The van der Waals surface area contributed by atoms with E-state index in [0.717, 1.165) is 287 Å². The number of ketones is 5. The number of thiophene rings is 5. The van der Waals surface area contributed by atoms with Crippen LogP contribution >= 0.6 is 56.7 Å². The van der Waals surface area contributed by atoms with Gasteiger partial charge < -0.3 is 66.0 Å². The van der Waals surface area contributed by atoms with Crippen LogP contribution in [-0.2, 0) is 61.1 Å². The van der Waals surface area contributed by atoms with Crippen molar-refractivity contribution < 1.29 is 79.8 Å². The van der Waals surface area contributed by atoms with Crippen LogP contribution in [0.5, 0.6) is 11.5 Å². The van der Waals surface area contributed by atoms with Crippen molar-refractivity contribution in [1.82, 2.24) is 52.3 Å². The third-order valence-corrected chi connectivity index (χ3v) is 32.0. The van der Waals surface area contributed by atoms with Crippen LogP contribution in [0.2, 0.25) is 0 Å². The maximum atomic E-state index is 14.0. The van der Waals surface area contributed by atoms with Crippen LogP contribution < -0.4 is 19.7 Å². The van der Waals surface area contributed by atoms with E-state index in [0.29, 0.717) is 38.0 Å². The highest BCUT2D eigenvalue weighted by atomic mass is 32.1. The Balaban J connectivity index is 0.000000129. The molecule has 16 heterocycles. The van der Waals surface area contributed by atoms with Crippen molar-refractivity contribution in [2.45, 2.75) is 93.7 Å². The molecule has 1 amide bonds. The number of amides is 1. The van der Waals surface area contributed by atoms with Crippen LogP contribution in [-0.4, -0.2) is 285 Å². The third kappa shape index (κ3) is 25.9. The van der Waals surface area contributed by atoms with Crippen LogP contribution in [0.3, 0.4) is 0 Å². The summed E-state index contributed by atoms with van der Waals surface area (Å²) in [6, 6.07) is 45.6. The van der Waals surface area contributed by atoms with E-state index < -0.39 is 34.9 Å². The lowest BCUT2D eigenvalue weighted by atomic mass is 10.1. The summed E-state index contributed by atoms with van der Waals surface area (Å²) in [5.74, 6) is -1.55. The number of aromatic nitrogens is 6. The molecule has 11 aromatic heterocycles. The van der Waals surface area contributed by atoms with Gasteiger partial charge in [-0.05, 0) is 201 Å². The highest BCUT2D eigenvalue weighted by Crippen LogP contribution is 2.39. The quantitative estimate of drug-likeness (QED) is 0.0428. The largest absolute Gasteiger partial charge is 0.496 e. The van der Waals surface area contributed by atoms with Crippen molar-refractivity contribution in [3.63, 3.8) is 0 Å². The molecule has 756 valence electrons. The van der Waals surface area contributed by atoms with E-state index in [9.17, 15) is 41.9 Å². The molecule has 0 radical (unpaired) electrons. The smallest absolute Gasteiger partial charge is 0.414 e. The molecule has 4 aromatic carbocycles. The van der Waals surface area contributed by atoms with Gasteiger partial charge in [0.15, 0.2) is 0 Å². The standard InChI is InChI=1S/C26H33N3O4S.C21H23FN2O3S.C21H25N3O2S.C20H20F2N2O2S.C20H23N3O3S/c1-18-16-20-17-22(34-24(20)29(18)11-10-28-12-14-32-15-13-28)23(30)19-6-8-21(9-7-19)27(5)25(31)33-26(2,3)4;1-14-11-15-12-19(20(25)17-4-3-16(22)13-18(17)26-2)28-21(15)24(14)6-5-23-7-9-27-10-8-23;1-15-13-17-14-19(20(25)16-3-5-18(22-2)6-4-16)27-21(17)24(15)8-7-23-9-11-26-12-10-23;1-13-10-14-11-18(19(25)16-3-2-15(21)12-17(16)22)27-20(14)24(13)5-4-23-6-8-26-9-7-23;1-14-11-15-12-18(19(24)17-4-3-16(25-2)13-21-17)27-20(15)23(14)6-5-22-7-9-26-10-8-22/h6-9,16-17H,10-15H2,1-5H3;3-4,11-13H,5-10H2,1-2H3;3-6,13-14,22H,7-12H2,1-2H3;2-3,10-12H,4-9H2,1H3;3-4,11-13H,5-10H2,1-2H3. The van der Waals surface area contributed by atoms with Gasteiger partial charge in [0.2, 0.25) is 28.9 Å². The molecule has 27 nitrogen and oxygen atoms in total. The Labute approximate surface area is 850 Å². The minimum Gasteiger partial charge on any atom is -0.496 e. The molecule has 5 aliphatic rings. The van der Waals surface area contributed by atoms with Gasteiger partial charge in [0, 0.05) is 235 Å². The molecule has 1 N–H and O–H groups in total. The molecule has 0 bridgehead atoms. The number of carbonyl (C=O) groups is 6. The third-order valence-electron chi connectivity index (χ3n) is 26.1. The van der Waals surface area contributed by atoms with Crippen molar-refractivity contribution >= 4 is 154 Å². The molecule has 5 aliphatic heterocycles. The Kier molecular flexibility index (Phi) is 35.1. The molecule has 0 aliphatic carbocycles. The number of nitrogens with zero attached hydrogens (tertiary/aromatic N) is 12. The van der Waals surface area contributed by atoms with Gasteiger partial charge in [-0.2, -0.15) is 0 Å². The first-order valence-electron chi connectivity index (χ1n) is 48.4. The fraction of sp³-hybridized carbons (Fsp3) is 0.398. The normalized spacial score (nSPS) is 15.3. The highest BCUT2D eigenvalue weighted by Gasteiger charge is 2.29. The SMILES string of the molecule is CNc1ccc(C(=O)c2cc3cc(C)n(CCN4CCOCC4)c3s2)cc1.COc1cc(F)ccc1C(=O)c1cc2cc(C)n(CCN3CCOCC3)c2s1.COc1ccc(C(=O)c2cc3cc(C)n(CCN4CCOCC4)c3s2)nc1.Cc1cc2cc(C(=O)c3ccc(F)cc3F)sc2n1CCN1CCOCC1.Cc1cc2cc(C(=O)c3ccc(N(C)C(=O)OC(C)(C)C)cc3)sc2n1CCN1CCOCC1. The Hall–Kier alpha value is -11.4. The summed E-state index contributed by atoms with van der Waals surface area (Å²) in [4.78, 5) is 103. The Morgan fingerprint density at radius 2 is 0.692 bits per heavy atom.